The predicted octanol–water partition coefficient (Wildman–Crippen LogP) is 5.39. The minimum Gasteiger partial charge on any atom is -0.495 e. The Hall–Kier alpha value is -2.06. The maximum atomic E-state index is 12.7. The highest BCUT2D eigenvalue weighted by molar-refractivity contribution is 7.94. The quantitative estimate of drug-likeness (QED) is 0.576. The largest absolute Gasteiger partial charge is 0.495 e. The molecule has 9 heteroatoms. The number of anilines is 1. The van der Waals surface area contributed by atoms with Crippen molar-refractivity contribution in [2.45, 2.75) is 4.90 Å². The number of rotatable bonds is 5. The molecule has 5 nitrogen and oxygen atoms in total. The molecule has 0 saturated heterocycles. The lowest BCUT2D eigenvalue weighted by Crippen LogP contribution is -2.12. The predicted molar refractivity (Wildman–Crippen MR) is 110 cm³/mol. The van der Waals surface area contributed by atoms with Gasteiger partial charge in [0.2, 0.25) is 0 Å². The van der Waals surface area contributed by atoms with Gasteiger partial charge in [-0.25, -0.2) is 8.42 Å². The number of halogens is 2. The van der Waals surface area contributed by atoms with E-state index in [1.807, 2.05) is 0 Å². The van der Waals surface area contributed by atoms with Crippen LogP contribution in [0.25, 0.3) is 10.1 Å². The summed E-state index contributed by atoms with van der Waals surface area (Å²) in [7, 11) is -2.24. The summed E-state index contributed by atoms with van der Waals surface area (Å²) in [6, 6.07) is 9.32. The average molecular weight is 442 g/mol. The van der Waals surface area contributed by atoms with Crippen LogP contribution in [-0.4, -0.2) is 21.4 Å². The van der Waals surface area contributed by atoms with Gasteiger partial charge in [-0.1, -0.05) is 35.8 Å². The SMILES string of the molecule is C=CS(=O)(=O)c1ccc(NC(=O)c2sc3cc(Cl)ccc3c2Cl)c(OC)c1. The molecule has 1 N–H and O–H groups in total. The van der Waals surface area contributed by atoms with E-state index < -0.39 is 15.7 Å². The number of hydrogen-bond acceptors (Lipinski definition) is 5. The minimum absolute atomic E-state index is 0.0156. The van der Waals surface area contributed by atoms with Gasteiger partial charge >= 0.3 is 0 Å². The van der Waals surface area contributed by atoms with Crippen molar-refractivity contribution < 1.29 is 17.9 Å². The van der Waals surface area contributed by atoms with Crippen LogP contribution in [0.1, 0.15) is 9.67 Å². The fraction of sp³-hybridized carbons (Fsp3) is 0.0556. The monoisotopic (exact) mass is 441 g/mol. The maximum absolute atomic E-state index is 12.7. The van der Waals surface area contributed by atoms with Gasteiger partial charge in [0.05, 0.1) is 22.7 Å². The van der Waals surface area contributed by atoms with Gasteiger partial charge in [0.25, 0.3) is 5.91 Å². The Bertz CT molecular complexity index is 1170. The normalized spacial score (nSPS) is 11.4. The third-order valence-electron chi connectivity index (χ3n) is 3.77. The number of ether oxygens (including phenoxy) is 1. The van der Waals surface area contributed by atoms with E-state index in [1.165, 1.54) is 36.6 Å². The molecule has 0 fully saturated rings. The highest BCUT2D eigenvalue weighted by Crippen LogP contribution is 2.37. The average Bonchev–Trinajstić information content (AvgIpc) is 2.97. The molecule has 0 atom stereocenters. The Balaban J connectivity index is 1.97. The van der Waals surface area contributed by atoms with Gasteiger partial charge in [-0.3, -0.25) is 4.79 Å². The van der Waals surface area contributed by atoms with E-state index in [9.17, 15) is 13.2 Å². The van der Waals surface area contributed by atoms with Crippen molar-refractivity contribution in [2.24, 2.45) is 0 Å². The molecule has 27 heavy (non-hydrogen) atoms. The second-order valence-corrected chi connectivity index (χ2v) is 9.17. The number of nitrogens with one attached hydrogen (secondary N) is 1. The van der Waals surface area contributed by atoms with Crippen molar-refractivity contribution in [2.75, 3.05) is 12.4 Å². The third kappa shape index (κ3) is 3.82. The van der Waals surface area contributed by atoms with E-state index in [2.05, 4.69) is 11.9 Å². The standard InChI is InChI=1S/C18H13Cl2NO4S2/c1-3-27(23,24)11-5-7-13(14(9-11)25-2)21-18(22)17-16(20)12-6-4-10(19)8-15(12)26-17/h3-9H,1H2,2H3,(H,21,22). The first-order valence-electron chi connectivity index (χ1n) is 7.51. The molecule has 0 unspecified atom stereocenters. The zero-order valence-electron chi connectivity index (χ0n) is 14.0. The van der Waals surface area contributed by atoms with Crippen LogP contribution in [0.2, 0.25) is 10.0 Å². The van der Waals surface area contributed by atoms with Gasteiger partial charge in [0, 0.05) is 26.6 Å². The third-order valence-corrected chi connectivity index (χ3v) is 7.01. The first-order chi connectivity index (χ1) is 12.8. The fourth-order valence-electron chi connectivity index (χ4n) is 2.41. The summed E-state index contributed by atoms with van der Waals surface area (Å²) in [4.78, 5) is 13.0. The summed E-state index contributed by atoms with van der Waals surface area (Å²) >= 11 is 13.5. The van der Waals surface area contributed by atoms with E-state index in [-0.39, 0.29) is 10.6 Å². The summed E-state index contributed by atoms with van der Waals surface area (Å²) < 4.78 is 29.8. The van der Waals surface area contributed by atoms with Crippen molar-refractivity contribution in [1.29, 1.82) is 0 Å². The Morgan fingerprint density at radius 2 is 1.96 bits per heavy atom. The molecule has 0 aliphatic heterocycles. The molecule has 0 aliphatic carbocycles. The van der Waals surface area contributed by atoms with E-state index in [4.69, 9.17) is 27.9 Å². The van der Waals surface area contributed by atoms with E-state index >= 15 is 0 Å². The highest BCUT2D eigenvalue weighted by Gasteiger charge is 2.20. The van der Waals surface area contributed by atoms with Crippen molar-refractivity contribution in [3.8, 4) is 5.75 Å². The van der Waals surface area contributed by atoms with Gasteiger partial charge in [0.15, 0.2) is 9.84 Å². The van der Waals surface area contributed by atoms with Crippen LogP contribution in [0.4, 0.5) is 5.69 Å². The summed E-state index contributed by atoms with van der Waals surface area (Å²) in [5.74, 6) is -0.235. The lowest BCUT2D eigenvalue weighted by atomic mass is 10.2. The van der Waals surface area contributed by atoms with Crippen molar-refractivity contribution in [3.63, 3.8) is 0 Å². The number of amides is 1. The van der Waals surface area contributed by atoms with Gasteiger partial charge in [-0.2, -0.15) is 0 Å². The number of carbonyl (C=O) groups excluding carboxylic acids is 1. The second kappa shape index (κ2) is 7.52. The van der Waals surface area contributed by atoms with Gasteiger partial charge in [-0.15, -0.1) is 11.3 Å². The van der Waals surface area contributed by atoms with Crippen LogP contribution in [-0.2, 0) is 9.84 Å². The van der Waals surface area contributed by atoms with E-state index in [0.717, 1.165) is 15.5 Å². The fourth-order valence-corrected chi connectivity index (χ4v) is 4.82. The summed E-state index contributed by atoms with van der Waals surface area (Å²) in [6.07, 6.45) is 0. The Labute approximate surface area is 170 Å². The van der Waals surface area contributed by atoms with Crippen LogP contribution in [0, 0.1) is 0 Å². The highest BCUT2D eigenvalue weighted by atomic mass is 35.5. The number of hydrogen-bond donors (Lipinski definition) is 1. The molecule has 1 aromatic heterocycles. The number of sulfone groups is 1. The molecule has 1 heterocycles. The smallest absolute Gasteiger partial charge is 0.267 e. The summed E-state index contributed by atoms with van der Waals surface area (Å²) in [6.45, 7) is 3.29. The van der Waals surface area contributed by atoms with Crippen LogP contribution in [0.15, 0.2) is 53.3 Å². The molecular formula is C18H13Cl2NO4S2. The lowest BCUT2D eigenvalue weighted by Gasteiger charge is -2.11. The van der Waals surface area contributed by atoms with Crippen LogP contribution in [0.5, 0.6) is 5.75 Å². The van der Waals surface area contributed by atoms with Gasteiger partial charge in [0.1, 0.15) is 10.6 Å². The van der Waals surface area contributed by atoms with E-state index in [1.54, 1.807) is 18.2 Å². The zero-order valence-corrected chi connectivity index (χ0v) is 17.1. The molecule has 1 amide bonds. The van der Waals surface area contributed by atoms with Crippen LogP contribution >= 0.6 is 34.5 Å². The first-order valence-corrected chi connectivity index (χ1v) is 10.6. The van der Waals surface area contributed by atoms with Crippen LogP contribution in [0.3, 0.4) is 0 Å². The van der Waals surface area contributed by atoms with Crippen molar-refractivity contribution >= 4 is 66.1 Å². The Morgan fingerprint density at radius 3 is 2.63 bits per heavy atom. The topological polar surface area (TPSA) is 72.5 Å². The molecule has 3 aromatic rings. The van der Waals surface area contributed by atoms with Crippen molar-refractivity contribution in [1.82, 2.24) is 0 Å². The number of carbonyl (C=O) groups is 1. The lowest BCUT2D eigenvalue weighted by molar-refractivity contribution is 0.103. The van der Waals surface area contributed by atoms with E-state index in [0.29, 0.717) is 20.6 Å². The molecule has 0 spiro atoms. The number of benzene rings is 2. The number of fused-ring (bicyclic) bond motifs is 1. The molecule has 0 saturated carbocycles. The maximum Gasteiger partial charge on any atom is 0.267 e. The zero-order chi connectivity index (χ0) is 19.8. The number of methoxy groups -OCH3 is 1. The minimum atomic E-state index is -3.62. The molecule has 140 valence electrons. The Kier molecular flexibility index (Phi) is 5.48. The van der Waals surface area contributed by atoms with Crippen molar-refractivity contribution in [3.05, 3.63) is 63.3 Å². The molecule has 0 radical (unpaired) electrons. The van der Waals surface area contributed by atoms with Crippen LogP contribution < -0.4 is 10.1 Å². The summed E-state index contributed by atoms with van der Waals surface area (Å²) in [5, 5.41) is 5.16. The molecule has 3 rings (SSSR count). The van der Waals surface area contributed by atoms with Gasteiger partial charge in [-0.05, 0) is 24.3 Å². The second-order valence-electron chi connectivity index (χ2n) is 5.41. The molecule has 0 aliphatic rings. The molecule has 2 aromatic carbocycles. The molecular weight excluding hydrogens is 429 g/mol. The first kappa shape index (κ1) is 19.7. The Morgan fingerprint density at radius 1 is 1.22 bits per heavy atom. The summed E-state index contributed by atoms with van der Waals surface area (Å²) in [5.41, 5.74) is 0.317. The van der Waals surface area contributed by atoms with Gasteiger partial charge < -0.3 is 10.1 Å². The molecule has 0 bridgehead atoms. The number of thiophene rings is 1.